The summed E-state index contributed by atoms with van der Waals surface area (Å²) >= 11 is 1.27. The van der Waals surface area contributed by atoms with Crippen molar-refractivity contribution >= 4 is 11.8 Å². The molecule has 0 amide bonds. The molecule has 1 aromatic heterocycles. The number of aromatic nitrogens is 3. The second-order valence-electron chi connectivity index (χ2n) is 4.40. The number of halogens is 1. The number of hydrogen-bond donors (Lipinski definition) is 3. The fourth-order valence-electron chi connectivity index (χ4n) is 1.76. The van der Waals surface area contributed by atoms with Crippen LogP contribution in [0.25, 0.3) is 5.69 Å². The Morgan fingerprint density at radius 2 is 2.00 bits per heavy atom. The van der Waals surface area contributed by atoms with E-state index in [1.807, 2.05) is 0 Å². The van der Waals surface area contributed by atoms with Gasteiger partial charge in [0.15, 0.2) is 5.16 Å². The standard InChI is InChI=1S/C13H17FN4O2S/c14-9-1-3-10(4-2-9)18-12(5-6-15)16-17-13(18)21-8-11(20)7-19/h1-4,11,19-20H,5-8,15H2/t11-/m0/s1. The zero-order valence-corrected chi connectivity index (χ0v) is 12.1. The van der Waals surface area contributed by atoms with Crippen molar-refractivity contribution in [2.45, 2.75) is 17.7 Å². The van der Waals surface area contributed by atoms with E-state index < -0.39 is 6.10 Å². The molecule has 0 bridgehead atoms. The molecule has 0 spiro atoms. The fourth-order valence-corrected chi connectivity index (χ4v) is 2.64. The van der Waals surface area contributed by atoms with Gasteiger partial charge in [0, 0.05) is 17.9 Å². The summed E-state index contributed by atoms with van der Waals surface area (Å²) in [6.07, 6.45) is -0.292. The topological polar surface area (TPSA) is 97.2 Å². The number of rotatable bonds is 7. The minimum Gasteiger partial charge on any atom is -0.394 e. The summed E-state index contributed by atoms with van der Waals surface area (Å²) in [5.74, 6) is 0.639. The third kappa shape index (κ3) is 4.01. The van der Waals surface area contributed by atoms with Crippen LogP contribution in [0.5, 0.6) is 0 Å². The molecule has 0 unspecified atom stereocenters. The van der Waals surface area contributed by atoms with Gasteiger partial charge in [0.2, 0.25) is 0 Å². The minimum absolute atomic E-state index is 0.290. The second-order valence-corrected chi connectivity index (χ2v) is 5.38. The molecule has 1 heterocycles. The molecule has 0 saturated heterocycles. The van der Waals surface area contributed by atoms with Crippen LogP contribution in [-0.2, 0) is 6.42 Å². The molecule has 0 aliphatic heterocycles. The largest absolute Gasteiger partial charge is 0.394 e. The van der Waals surface area contributed by atoms with Crippen molar-refractivity contribution in [1.29, 1.82) is 0 Å². The normalized spacial score (nSPS) is 12.6. The Morgan fingerprint density at radius 1 is 1.29 bits per heavy atom. The van der Waals surface area contributed by atoms with Gasteiger partial charge in [-0.2, -0.15) is 0 Å². The van der Waals surface area contributed by atoms with Gasteiger partial charge in [0.25, 0.3) is 0 Å². The van der Waals surface area contributed by atoms with Gasteiger partial charge in [0.1, 0.15) is 11.6 Å². The lowest BCUT2D eigenvalue weighted by Gasteiger charge is -2.11. The van der Waals surface area contributed by atoms with Gasteiger partial charge in [-0.15, -0.1) is 10.2 Å². The highest BCUT2D eigenvalue weighted by atomic mass is 32.2. The number of thioether (sulfide) groups is 1. The van der Waals surface area contributed by atoms with Crippen LogP contribution in [-0.4, -0.2) is 50.0 Å². The SMILES string of the molecule is NCCc1nnc(SC[C@@H](O)CO)n1-c1ccc(F)cc1. The highest BCUT2D eigenvalue weighted by molar-refractivity contribution is 7.99. The van der Waals surface area contributed by atoms with E-state index in [-0.39, 0.29) is 12.4 Å². The molecule has 0 aliphatic rings. The van der Waals surface area contributed by atoms with E-state index in [0.717, 1.165) is 5.69 Å². The van der Waals surface area contributed by atoms with Crippen molar-refractivity contribution in [3.8, 4) is 5.69 Å². The average molecular weight is 312 g/mol. The molecular weight excluding hydrogens is 295 g/mol. The lowest BCUT2D eigenvalue weighted by atomic mass is 10.3. The van der Waals surface area contributed by atoms with Gasteiger partial charge in [-0.25, -0.2) is 4.39 Å². The first kappa shape index (κ1) is 15.9. The van der Waals surface area contributed by atoms with Crippen LogP contribution in [0.1, 0.15) is 5.82 Å². The molecule has 21 heavy (non-hydrogen) atoms. The number of nitrogens with two attached hydrogens (primary N) is 1. The first-order chi connectivity index (χ1) is 10.2. The van der Waals surface area contributed by atoms with Crippen LogP contribution < -0.4 is 5.73 Å². The molecule has 0 saturated carbocycles. The van der Waals surface area contributed by atoms with Gasteiger partial charge in [-0.05, 0) is 30.8 Å². The zero-order chi connectivity index (χ0) is 15.2. The first-order valence-electron chi connectivity index (χ1n) is 6.47. The highest BCUT2D eigenvalue weighted by Gasteiger charge is 2.15. The summed E-state index contributed by atoms with van der Waals surface area (Å²) in [5, 5.41) is 27.0. The molecule has 0 radical (unpaired) electrons. The Labute approximate surface area is 125 Å². The summed E-state index contributed by atoms with van der Waals surface area (Å²) in [6, 6.07) is 5.98. The van der Waals surface area contributed by atoms with Crippen LogP contribution in [0.15, 0.2) is 29.4 Å². The molecule has 4 N–H and O–H groups in total. The molecule has 0 fully saturated rings. The number of hydrogen-bond acceptors (Lipinski definition) is 6. The molecule has 8 heteroatoms. The van der Waals surface area contributed by atoms with Crippen molar-refractivity contribution in [3.05, 3.63) is 35.9 Å². The van der Waals surface area contributed by atoms with Crippen molar-refractivity contribution in [1.82, 2.24) is 14.8 Å². The molecule has 1 atom stereocenters. The average Bonchev–Trinajstić information content (AvgIpc) is 2.89. The quantitative estimate of drug-likeness (QED) is 0.639. The van der Waals surface area contributed by atoms with E-state index in [0.29, 0.717) is 29.7 Å². The molecule has 6 nitrogen and oxygen atoms in total. The number of nitrogens with zero attached hydrogens (tertiary/aromatic N) is 3. The predicted octanol–water partition coefficient (Wildman–Crippen LogP) is 0.353. The van der Waals surface area contributed by atoms with Crippen molar-refractivity contribution in [3.63, 3.8) is 0 Å². The van der Waals surface area contributed by atoms with Crippen molar-refractivity contribution in [2.75, 3.05) is 18.9 Å². The van der Waals surface area contributed by atoms with Gasteiger partial charge >= 0.3 is 0 Å². The number of aliphatic hydroxyl groups excluding tert-OH is 2. The summed E-state index contributed by atoms with van der Waals surface area (Å²) in [4.78, 5) is 0. The minimum atomic E-state index is -0.827. The van der Waals surface area contributed by atoms with Crippen LogP contribution in [0.2, 0.25) is 0 Å². The Bertz CT molecular complexity index is 576. The molecule has 114 valence electrons. The van der Waals surface area contributed by atoms with Gasteiger partial charge in [-0.3, -0.25) is 4.57 Å². The summed E-state index contributed by atoms with van der Waals surface area (Å²) in [5.41, 5.74) is 6.29. The molecule has 2 rings (SSSR count). The predicted molar refractivity (Wildman–Crippen MR) is 77.9 cm³/mol. The Kier molecular flexibility index (Phi) is 5.68. The van der Waals surface area contributed by atoms with Gasteiger partial charge in [0.05, 0.1) is 12.7 Å². The van der Waals surface area contributed by atoms with Crippen molar-refractivity contribution < 1.29 is 14.6 Å². The Balaban J connectivity index is 2.30. The van der Waals surface area contributed by atoms with Crippen molar-refractivity contribution in [2.24, 2.45) is 5.73 Å². The van der Waals surface area contributed by atoms with E-state index in [9.17, 15) is 9.50 Å². The fraction of sp³-hybridized carbons (Fsp3) is 0.385. The maximum Gasteiger partial charge on any atom is 0.195 e. The van der Waals surface area contributed by atoms with Gasteiger partial charge in [-0.1, -0.05) is 11.8 Å². The number of aliphatic hydroxyl groups is 2. The van der Waals surface area contributed by atoms with E-state index in [4.69, 9.17) is 10.8 Å². The van der Waals surface area contributed by atoms with Crippen LogP contribution >= 0.6 is 11.8 Å². The molecule has 0 aliphatic carbocycles. The summed E-state index contributed by atoms with van der Waals surface area (Å²) < 4.78 is 14.8. The lowest BCUT2D eigenvalue weighted by Crippen LogP contribution is -2.15. The van der Waals surface area contributed by atoms with E-state index in [1.165, 1.54) is 23.9 Å². The maximum absolute atomic E-state index is 13.1. The third-order valence-corrected chi connectivity index (χ3v) is 3.84. The van der Waals surface area contributed by atoms with E-state index >= 15 is 0 Å². The van der Waals surface area contributed by atoms with E-state index in [2.05, 4.69) is 10.2 Å². The molecular formula is C13H17FN4O2S. The summed E-state index contributed by atoms with van der Waals surface area (Å²) in [6.45, 7) is 0.108. The lowest BCUT2D eigenvalue weighted by molar-refractivity contribution is 0.113. The van der Waals surface area contributed by atoms with Crippen LogP contribution in [0, 0.1) is 5.82 Å². The van der Waals surface area contributed by atoms with Crippen LogP contribution in [0.3, 0.4) is 0 Å². The highest BCUT2D eigenvalue weighted by Crippen LogP contribution is 2.23. The van der Waals surface area contributed by atoms with E-state index in [1.54, 1.807) is 16.7 Å². The zero-order valence-electron chi connectivity index (χ0n) is 11.3. The smallest absolute Gasteiger partial charge is 0.195 e. The Morgan fingerprint density at radius 3 is 2.62 bits per heavy atom. The van der Waals surface area contributed by atoms with Crippen LogP contribution in [0.4, 0.5) is 4.39 Å². The molecule has 1 aromatic carbocycles. The third-order valence-electron chi connectivity index (χ3n) is 2.77. The second kappa shape index (κ2) is 7.51. The number of benzene rings is 1. The summed E-state index contributed by atoms with van der Waals surface area (Å²) in [7, 11) is 0. The monoisotopic (exact) mass is 312 g/mol. The van der Waals surface area contributed by atoms with Gasteiger partial charge < -0.3 is 15.9 Å². The molecule has 2 aromatic rings. The maximum atomic E-state index is 13.1. The first-order valence-corrected chi connectivity index (χ1v) is 7.46. The Hall–Kier alpha value is -1.48.